The van der Waals surface area contributed by atoms with Gasteiger partial charge in [0, 0.05) is 25.3 Å². The highest BCUT2D eigenvalue weighted by molar-refractivity contribution is 5.88. The van der Waals surface area contributed by atoms with Gasteiger partial charge in [-0.25, -0.2) is 9.37 Å². The SMILES string of the molecule is CC[C@H]1C(=O)C(C)(C)[C@@H](O)CC(=O)O[C@H](C(F)=Cc2coc(C)n2)CC2OC2(C)CCC[C@H](C)[C@@H]1O. The van der Waals surface area contributed by atoms with E-state index in [2.05, 4.69) is 4.98 Å². The first kappa shape index (κ1) is 28.5. The Kier molecular flexibility index (Phi) is 8.78. The highest BCUT2D eigenvalue weighted by atomic mass is 19.1. The van der Waals surface area contributed by atoms with E-state index in [4.69, 9.17) is 13.9 Å². The number of oxazole rings is 1. The Morgan fingerprint density at radius 1 is 1.28 bits per heavy atom. The summed E-state index contributed by atoms with van der Waals surface area (Å²) in [6.45, 7) is 10.4. The predicted octanol–water partition coefficient (Wildman–Crippen LogP) is 4.31. The number of hydrogen-bond donors (Lipinski definition) is 2. The second kappa shape index (κ2) is 11.1. The molecule has 0 radical (unpaired) electrons. The minimum atomic E-state index is -1.37. The summed E-state index contributed by atoms with van der Waals surface area (Å²) in [5, 5.41) is 21.8. The molecular formula is C27H40FNO7. The van der Waals surface area contributed by atoms with E-state index >= 15 is 4.39 Å². The number of esters is 1. The van der Waals surface area contributed by atoms with Crippen molar-refractivity contribution in [3.63, 3.8) is 0 Å². The van der Waals surface area contributed by atoms with Crippen molar-refractivity contribution in [1.29, 1.82) is 0 Å². The van der Waals surface area contributed by atoms with Gasteiger partial charge in [0.05, 0.1) is 35.7 Å². The molecule has 0 bridgehead atoms. The number of rotatable bonds is 3. The number of aliphatic hydroxyl groups excluding tert-OH is 2. The van der Waals surface area contributed by atoms with E-state index in [0.717, 1.165) is 12.5 Å². The lowest BCUT2D eigenvalue weighted by molar-refractivity contribution is -0.155. The number of aromatic nitrogens is 1. The van der Waals surface area contributed by atoms with Crippen LogP contribution >= 0.6 is 0 Å². The molecule has 1 aromatic heterocycles. The van der Waals surface area contributed by atoms with Crippen LogP contribution in [0, 0.1) is 24.2 Å². The minimum absolute atomic E-state index is 0.107. The maximum Gasteiger partial charge on any atom is 0.309 e. The summed E-state index contributed by atoms with van der Waals surface area (Å²) in [7, 11) is 0. The van der Waals surface area contributed by atoms with Crippen molar-refractivity contribution in [2.45, 2.75) is 110 Å². The van der Waals surface area contributed by atoms with Gasteiger partial charge < -0.3 is 24.1 Å². The first-order valence-electron chi connectivity index (χ1n) is 12.9. The normalized spacial score (nSPS) is 36.8. The number of epoxide rings is 1. The van der Waals surface area contributed by atoms with Gasteiger partial charge in [-0.2, -0.15) is 0 Å². The summed E-state index contributed by atoms with van der Waals surface area (Å²) < 4.78 is 31.8. The van der Waals surface area contributed by atoms with Crippen LogP contribution in [0.4, 0.5) is 4.39 Å². The van der Waals surface area contributed by atoms with Gasteiger partial charge >= 0.3 is 5.97 Å². The standard InChI is InChI=1S/C27H40FNO7/c1-7-18-24(32)15(2)9-8-10-27(6)22(36-27)12-20(19(28)11-17-14-34-16(3)29-17)35-23(31)13-21(30)26(4,5)25(18)33/h11,14-15,18,20-22,24,30,32H,7-10,12-13H2,1-6H3/t15-,18+,20-,21-,22?,24-,27?/m0/s1. The van der Waals surface area contributed by atoms with Crippen molar-refractivity contribution in [3.05, 3.63) is 23.7 Å². The molecule has 2 aliphatic rings. The zero-order valence-corrected chi connectivity index (χ0v) is 22.1. The topological polar surface area (TPSA) is 122 Å². The van der Waals surface area contributed by atoms with Crippen LogP contribution in [-0.4, -0.2) is 57.0 Å². The largest absolute Gasteiger partial charge is 0.455 e. The van der Waals surface area contributed by atoms with Crippen molar-refractivity contribution in [3.8, 4) is 0 Å². The summed E-state index contributed by atoms with van der Waals surface area (Å²) in [4.78, 5) is 30.2. The fraction of sp³-hybridized carbons (Fsp3) is 0.741. The summed E-state index contributed by atoms with van der Waals surface area (Å²) in [5.41, 5.74) is -1.53. The highest BCUT2D eigenvalue weighted by Gasteiger charge is 2.53. The number of cyclic esters (lactones) is 1. The summed E-state index contributed by atoms with van der Waals surface area (Å²) in [5.74, 6) is -2.27. The molecule has 8 nitrogen and oxygen atoms in total. The molecule has 2 saturated heterocycles. The Labute approximate surface area is 212 Å². The summed E-state index contributed by atoms with van der Waals surface area (Å²) in [6.07, 6.45) is 0.861. The lowest BCUT2D eigenvalue weighted by atomic mass is 9.71. The Bertz CT molecular complexity index is 973. The Hall–Kier alpha value is -2.10. The van der Waals surface area contributed by atoms with E-state index in [0.29, 0.717) is 25.2 Å². The van der Waals surface area contributed by atoms with E-state index in [1.54, 1.807) is 20.8 Å². The van der Waals surface area contributed by atoms with Gasteiger partial charge in [-0.05, 0) is 32.1 Å². The van der Waals surface area contributed by atoms with Gasteiger partial charge in [-0.1, -0.05) is 34.1 Å². The van der Waals surface area contributed by atoms with Crippen molar-refractivity contribution in [2.24, 2.45) is 17.3 Å². The number of ether oxygens (including phenoxy) is 2. The minimum Gasteiger partial charge on any atom is -0.455 e. The zero-order chi connectivity index (χ0) is 26.8. The van der Waals surface area contributed by atoms with Gasteiger partial charge in [0.1, 0.15) is 23.6 Å². The number of Topliss-reactive ketones (excluding diaryl/α,β-unsaturated/α-hetero) is 1. The lowest BCUT2D eigenvalue weighted by Crippen LogP contribution is -2.46. The van der Waals surface area contributed by atoms with Crippen LogP contribution in [-0.2, 0) is 19.1 Å². The summed E-state index contributed by atoms with van der Waals surface area (Å²) in [6, 6.07) is 0. The number of hydrogen-bond acceptors (Lipinski definition) is 8. The van der Waals surface area contributed by atoms with Crippen molar-refractivity contribution < 1.29 is 38.1 Å². The van der Waals surface area contributed by atoms with E-state index in [-0.39, 0.29) is 29.9 Å². The first-order valence-corrected chi connectivity index (χ1v) is 12.9. The number of aliphatic hydroxyl groups is 2. The maximum absolute atomic E-state index is 15.3. The van der Waals surface area contributed by atoms with Gasteiger partial charge in [0.25, 0.3) is 0 Å². The number of fused-ring (bicyclic) bond motifs is 1. The second-order valence-corrected chi connectivity index (χ2v) is 11.1. The first-order chi connectivity index (χ1) is 16.8. The molecular weight excluding hydrogens is 469 g/mol. The third-order valence-corrected chi connectivity index (χ3v) is 7.90. The number of nitrogens with zero attached hydrogens (tertiary/aromatic N) is 1. The molecule has 1 aromatic rings. The van der Waals surface area contributed by atoms with Crippen LogP contribution in [0.1, 0.15) is 84.7 Å². The molecule has 0 spiro atoms. The molecule has 9 heteroatoms. The monoisotopic (exact) mass is 509 g/mol. The van der Waals surface area contributed by atoms with Crippen LogP contribution in [0.15, 0.2) is 16.5 Å². The van der Waals surface area contributed by atoms with Gasteiger partial charge in [0.2, 0.25) is 0 Å². The average Bonchev–Trinajstić information content (AvgIpc) is 3.24. The molecule has 7 atom stereocenters. The van der Waals surface area contributed by atoms with E-state index < -0.39 is 53.5 Å². The van der Waals surface area contributed by atoms with E-state index in [9.17, 15) is 19.8 Å². The Balaban J connectivity index is 1.87. The maximum atomic E-state index is 15.3. The fourth-order valence-electron chi connectivity index (χ4n) is 5.09. The Morgan fingerprint density at radius 3 is 2.58 bits per heavy atom. The second-order valence-electron chi connectivity index (χ2n) is 11.1. The molecule has 0 aliphatic carbocycles. The van der Waals surface area contributed by atoms with Crippen molar-refractivity contribution >= 4 is 17.8 Å². The third-order valence-electron chi connectivity index (χ3n) is 7.90. The van der Waals surface area contributed by atoms with Crippen LogP contribution in [0.25, 0.3) is 6.08 Å². The molecule has 2 unspecified atom stereocenters. The van der Waals surface area contributed by atoms with Gasteiger partial charge in [-0.3, -0.25) is 9.59 Å². The predicted molar refractivity (Wildman–Crippen MR) is 130 cm³/mol. The lowest BCUT2D eigenvalue weighted by Gasteiger charge is -2.35. The molecule has 0 saturated carbocycles. The van der Waals surface area contributed by atoms with E-state index in [1.165, 1.54) is 6.26 Å². The highest BCUT2D eigenvalue weighted by Crippen LogP contribution is 2.45. The van der Waals surface area contributed by atoms with Gasteiger partial charge in [0.15, 0.2) is 12.0 Å². The smallest absolute Gasteiger partial charge is 0.309 e. The zero-order valence-electron chi connectivity index (χ0n) is 22.1. The van der Waals surface area contributed by atoms with Crippen LogP contribution in [0.2, 0.25) is 0 Å². The number of halogens is 1. The van der Waals surface area contributed by atoms with Crippen molar-refractivity contribution in [1.82, 2.24) is 4.98 Å². The molecule has 202 valence electrons. The Morgan fingerprint density at radius 2 is 1.97 bits per heavy atom. The number of aryl methyl sites for hydroxylation is 1. The third kappa shape index (κ3) is 6.42. The number of carbonyl (C=O) groups excluding carboxylic acids is 2. The molecule has 2 fully saturated rings. The van der Waals surface area contributed by atoms with Crippen LogP contribution < -0.4 is 0 Å². The van der Waals surface area contributed by atoms with Crippen LogP contribution in [0.3, 0.4) is 0 Å². The number of ketones is 1. The van der Waals surface area contributed by atoms with Crippen molar-refractivity contribution in [2.75, 3.05) is 0 Å². The molecule has 3 heterocycles. The molecule has 3 rings (SSSR count). The molecule has 2 aliphatic heterocycles. The van der Waals surface area contributed by atoms with Gasteiger partial charge in [-0.15, -0.1) is 0 Å². The molecule has 0 amide bonds. The molecule has 0 aromatic carbocycles. The fourth-order valence-corrected chi connectivity index (χ4v) is 5.09. The number of carbonyl (C=O) groups is 2. The average molecular weight is 510 g/mol. The molecule has 2 N–H and O–H groups in total. The van der Waals surface area contributed by atoms with Crippen LogP contribution in [0.5, 0.6) is 0 Å². The van der Waals surface area contributed by atoms with E-state index in [1.807, 2.05) is 20.8 Å². The molecule has 36 heavy (non-hydrogen) atoms. The quantitative estimate of drug-likeness (QED) is 0.457. The summed E-state index contributed by atoms with van der Waals surface area (Å²) >= 11 is 0.